The maximum atomic E-state index is 14.3. The summed E-state index contributed by atoms with van der Waals surface area (Å²) in [5, 5.41) is 13.6. The fourth-order valence-electron chi connectivity index (χ4n) is 2.95. The van der Waals surface area contributed by atoms with Crippen LogP contribution in [0.15, 0.2) is 24.3 Å². The summed E-state index contributed by atoms with van der Waals surface area (Å²) in [6, 6.07) is 2.51. The Kier molecular flexibility index (Phi) is 7.15. The van der Waals surface area contributed by atoms with Gasteiger partial charge in [0.25, 0.3) is 0 Å². The molecule has 2 aromatic carbocycles. The minimum absolute atomic E-state index is 0. The van der Waals surface area contributed by atoms with Crippen molar-refractivity contribution >= 4 is 5.78 Å². The second-order valence-electron chi connectivity index (χ2n) is 6.58. The molecule has 0 spiro atoms. The summed E-state index contributed by atoms with van der Waals surface area (Å²) in [6.07, 6.45) is -10.5. The fourth-order valence-corrected chi connectivity index (χ4v) is 2.95. The minimum Gasteiger partial charge on any atom is -0.493 e. The van der Waals surface area contributed by atoms with Gasteiger partial charge in [-0.05, 0) is 19.1 Å². The molecule has 0 bridgehead atoms. The molecule has 183 valence electrons. The van der Waals surface area contributed by atoms with Gasteiger partial charge >= 0.3 is 12.4 Å². The van der Waals surface area contributed by atoms with Gasteiger partial charge < -0.3 is 5.11 Å². The Balaban J connectivity index is 0.00000408. The molecule has 34 heavy (non-hydrogen) atoms. The van der Waals surface area contributed by atoms with Crippen LogP contribution < -0.4 is 0 Å². The van der Waals surface area contributed by atoms with Crippen molar-refractivity contribution in [3.63, 3.8) is 0 Å². The number of aryl methyl sites for hydroxylation is 1. The van der Waals surface area contributed by atoms with Crippen LogP contribution in [0, 0.1) is 30.2 Å². The van der Waals surface area contributed by atoms with Crippen molar-refractivity contribution in [2.45, 2.75) is 19.3 Å². The number of aromatic hydroxyl groups is 1. The number of nitrogens with zero attached hydrogens (tertiary/aromatic N) is 2. The van der Waals surface area contributed by atoms with Gasteiger partial charge in [0.2, 0.25) is 5.88 Å². The molecule has 0 aliphatic rings. The molecule has 0 unspecified atom stereocenters. The first-order valence-corrected chi connectivity index (χ1v) is 8.51. The monoisotopic (exact) mass is 541 g/mol. The molecule has 0 fully saturated rings. The predicted octanol–water partition coefficient (Wildman–Crippen LogP) is 5.71. The first-order chi connectivity index (χ1) is 15.1. The number of halogens is 10. The molecule has 1 radical (unpaired) electrons. The first kappa shape index (κ1) is 27.2. The Morgan fingerprint density at radius 3 is 1.74 bits per heavy atom. The van der Waals surface area contributed by atoms with Gasteiger partial charge in [-0.1, -0.05) is 12.1 Å². The Hall–Kier alpha value is -3.06. The summed E-state index contributed by atoms with van der Waals surface area (Å²) in [4.78, 5) is 12.6. The maximum Gasteiger partial charge on any atom is 0.422 e. The van der Waals surface area contributed by atoms with Crippen LogP contribution in [0.4, 0.5) is 43.9 Å². The van der Waals surface area contributed by atoms with E-state index >= 15 is 0 Å². The molecule has 1 heterocycles. The van der Waals surface area contributed by atoms with Crippen molar-refractivity contribution in [3.05, 3.63) is 75.5 Å². The molecule has 0 aliphatic heterocycles. The molecule has 15 heteroatoms. The summed E-state index contributed by atoms with van der Waals surface area (Å²) in [7, 11) is 0. The van der Waals surface area contributed by atoms with Gasteiger partial charge in [0.15, 0.2) is 29.1 Å². The largest absolute Gasteiger partial charge is 0.493 e. The van der Waals surface area contributed by atoms with E-state index in [1.807, 2.05) is 0 Å². The van der Waals surface area contributed by atoms with E-state index in [-0.39, 0.29) is 21.8 Å². The molecule has 1 N–H and O–H groups in total. The van der Waals surface area contributed by atoms with Crippen molar-refractivity contribution < 1.29 is 70.9 Å². The predicted molar refractivity (Wildman–Crippen MR) is 89.7 cm³/mol. The smallest absolute Gasteiger partial charge is 0.422 e. The van der Waals surface area contributed by atoms with Crippen molar-refractivity contribution in [1.82, 2.24) is 9.78 Å². The van der Waals surface area contributed by atoms with Crippen LogP contribution in [0.5, 0.6) is 5.88 Å². The molecule has 0 amide bonds. The molecule has 0 atom stereocenters. The summed E-state index contributed by atoms with van der Waals surface area (Å²) in [6.45, 7) is 0.986. The number of alkyl halides is 6. The van der Waals surface area contributed by atoms with Gasteiger partial charge in [-0.25, -0.2) is 17.6 Å². The third-order valence-electron chi connectivity index (χ3n) is 4.47. The van der Waals surface area contributed by atoms with Gasteiger partial charge in [0, 0.05) is 22.6 Å². The molecule has 3 rings (SSSR count). The van der Waals surface area contributed by atoms with Crippen LogP contribution in [0.1, 0.15) is 32.7 Å². The second-order valence-corrected chi connectivity index (χ2v) is 6.58. The Bertz CT molecular complexity index is 1240. The molecule has 4 nitrogen and oxygen atoms in total. The molecule has 3 aromatic rings. The zero-order chi connectivity index (χ0) is 25.0. The van der Waals surface area contributed by atoms with E-state index in [0.717, 1.165) is 19.1 Å². The van der Waals surface area contributed by atoms with E-state index in [1.165, 1.54) is 0 Å². The summed E-state index contributed by atoms with van der Waals surface area (Å²) < 4.78 is 132. The van der Waals surface area contributed by atoms with E-state index in [1.54, 1.807) is 0 Å². The van der Waals surface area contributed by atoms with Crippen molar-refractivity contribution in [3.8, 4) is 11.6 Å². The average Bonchev–Trinajstić information content (AvgIpc) is 2.98. The normalized spacial score (nSPS) is 12.0. The number of hydrogen-bond acceptors (Lipinski definition) is 3. The standard InChI is InChI=1S/C19H8F10N2O2.Mn/c1-6-9(16(32)7-2-4-8(5-3-7)18(24,25)26)17(33)31(30-6)15-13(22)11(20)10(19(27,28)29)12(21)14(15)23;/h2-5,33H,1H3;. The van der Waals surface area contributed by atoms with Crippen LogP contribution in [-0.2, 0) is 29.4 Å². The van der Waals surface area contributed by atoms with E-state index in [9.17, 15) is 53.8 Å². The van der Waals surface area contributed by atoms with Crippen LogP contribution in [0.3, 0.4) is 0 Å². The Labute approximate surface area is 193 Å². The van der Waals surface area contributed by atoms with Crippen molar-refractivity contribution in [2.75, 3.05) is 0 Å². The van der Waals surface area contributed by atoms with E-state index in [4.69, 9.17) is 0 Å². The number of aromatic nitrogens is 2. The van der Waals surface area contributed by atoms with Gasteiger partial charge in [-0.15, -0.1) is 0 Å². The number of rotatable bonds is 3. The second kappa shape index (κ2) is 8.95. The number of ketones is 1. The van der Waals surface area contributed by atoms with E-state index < -0.39 is 80.9 Å². The van der Waals surface area contributed by atoms with Gasteiger partial charge in [0.05, 0.1) is 11.3 Å². The van der Waals surface area contributed by atoms with Crippen molar-refractivity contribution in [2.24, 2.45) is 0 Å². The van der Waals surface area contributed by atoms with E-state index in [0.29, 0.717) is 12.1 Å². The SMILES string of the molecule is Cc1nn(-c2c(F)c(F)c(C(F)(F)F)c(F)c2F)c(O)c1C(=O)c1ccc(C(F)(F)F)cc1.[Mn]. The quantitative estimate of drug-likeness (QED) is 0.200. The molecule has 0 saturated carbocycles. The number of benzene rings is 2. The van der Waals surface area contributed by atoms with E-state index in [2.05, 4.69) is 5.10 Å². The van der Waals surface area contributed by atoms with Crippen LogP contribution >= 0.6 is 0 Å². The number of hydrogen-bond donors (Lipinski definition) is 1. The average molecular weight is 541 g/mol. The maximum absolute atomic E-state index is 14.3. The molecular weight excluding hydrogens is 533 g/mol. The number of carbonyl (C=O) groups is 1. The van der Waals surface area contributed by atoms with Crippen LogP contribution in [0.25, 0.3) is 5.69 Å². The van der Waals surface area contributed by atoms with Gasteiger partial charge in [-0.2, -0.15) is 36.1 Å². The first-order valence-electron chi connectivity index (χ1n) is 8.51. The zero-order valence-electron chi connectivity index (χ0n) is 16.2. The molecule has 0 aliphatic carbocycles. The summed E-state index contributed by atoms with van der Waals surface area (Å²) >= 11 is 0. The third-order valence-corrected chi connectivity index (χ3v) is 4.47. The van der Waals surface area contributed by atoms with Gasteiger partial charge in [0.1, 0.15) is 16.8 Å². The molecule has 1 aromatic heterocycles. The summed E-state index contributed by atoms with van der Waals surface area (Å²) in [5.41, 5.74) is -7.62. The topological polar surface area (TPSA) is 55.1 Å². The molecular formula is C19H8F10MnN2O2. The zero-order valence-corrected chi connectivity index (χ0v) is 17.4. The fraction of sp³-hybridized carbons (Fsp3) is 0.158. The summed E-state index contributed by atoms with van der Waals surface area (Å²) in [5.74, 6) is -13.4. The Morgan fingerprint density at radius 1 is 0.853 bits per heavy atom. The van der Waals surface area contributed by atoms with Crippen LogP contribution in [0.2, 0.25) is 0 Å². The van der Waals surface area contributed by atoms with Gasteiger partial charge in [-0.3, -0.25) is 4.79 Å². The van der Waals surface area contributed by atoms with Crippen molar-refractivity contribution in [1.29, 1.82) is 0 Å². The number of carbonyl (C=O) groups excluding carboxylic acids is 1. The minimum atomic E-state index is -5.81. The molecule has 0 saturated heterocycles. The Morgan fingerprint density at radius 2 is 1.32 bits per heavy atom. The third kappa shape index (κ3) is 4.49. The van der Waals surface area contributed by atoms with Crippen LogP contribution in [-0.4, -0.2) is 20.7 Å².